The van der Waals surface area contributed by atoms with E-state index in [9.17, 15) is 0 Å². The van der Waals surface area contributed by atoms with Gasteiger partial charge < -0.3 is 20.3 Å². The molecule has 0 aliphatic heterocycles. The Morgan fingerprint density at radius 1 is 1.18 bits per heavy atom. The summed E-state index contributed by atoms with van der Waals surface area (Å²) in [5.74, 6) is 1.64. The van der Waals surface area contributed by atoms with Gasteiger partial charge in [-0.1, -0.05) is 0 Å². The van der Waals surface area contributed by atoms with Crippen molar-refractivity contribution in [3.05, 3.63) is 12.4 Å². The molecule has 0 amide bonds. The molecule has 0 atom stereocenters. The maximum atomic E-state index is 4.96. The van der Waals surface area contributed by atoms with Crippen LogP contribution in [0.4, 0.5) is 11.6 Å². The first kappa shape index (κ1) is 13.7. The lowest BCUT2D eigenvalue weighted by molar-refractivity contribution is 0.210. The molecule has 1 heterocycles. The highest BCUT2D eigenvalue weighted by Gasteiger charge is 1.98. The van der Waals surface area contributed by atoms with E-state index in [0.29, 0.717) is 6.61 Å². The second-order valence-corrected chi connectivity index (χ2v) is 3.94. The molecule has 17 heavy (non-hydrogen) atoms. The van der Waals surface area contributed by atoms with Crippen molar-refractivity contribution < 1.29 is 4.74 Å². The van der Waals surface area contributed by atoms with E-state index >= 15 is 0 Å². The summed E-state index contributed by atoms with van der Waals surface area (Å²) in [5, 5.41) is 6.40. The zero-order chi connectivity index (χ0) is 12.5. The van der Waals surface area contributed by atoms with E-state index in [2.05, 4.69) is 25.5 Å². The first-order valence-electron chi connectivity index (χ1n) is 5.66. The van der Waals surface area contributed by atoms with Crippen LogP contribution in [0.2, 0.25) is 0 Å². The molecule has 0 unspecified atom stereocenters. The summed E-state index contributed by atoms with van der Waals surface area (Å²) in [6, 6.07) is 1.89. The van der Waals surface area contributed by atoms with Crippen LogP contribution < -0.4 is 10.6 Å². The first-order chi connectivity index (χ1) is 8.22. The Labute approximate surface area is 102 Å². The lowest BCUT2D eigenvalue weighted by Gasteiger charge is -2.11. The molecule has 0 aliphatic rings. The van der Waals surface area contributed by atoms with Crippen LogP contribution in [0.5, 0.6) is 0 Å². The van der Waals surface area contributed by atoms with Gasteiger partial charge in [0.05, 0.1) is 6.61 Å². The normalized spacial score (nSPS) is 10.6. The van der Waals surface area contributed by atoms with E-state index < -0.39 is 0 Å². The third-order valence-corrected chi connectivity index (χ3v) is 2.14. The molecule has 1 aromatic rings. The molecule has 0 saturated heterocycles. The van der Waals surface area contributed by atoms with Crippen LogP contribution in [0.15, 0.2) is 12.4 Å². The quantitative estimate of drug-likeness (QED) is 0.644. The van der Waals surface area contributed by atoms with Crippen molar-refractivity contribution >= 4 is 11.6 Å². The summed E-state index contributed by atoms with van der Waals surface area (Å²) in [6.45, 7) is 3.23. The van der Waals surface area contributed by atoms with E-state index in [1.54, 1.807) is 13.4 Å². The van der Waals surface area contributed by atoms with Gasteiger partial charge in [-0.05, 0) is 14.1 Å². The smallest absolute Gasteiger partial charge is 0.131 e. The minimum absolute atomic E-state index is 0.660. The van der Waals surface area contributed by atoms with Crippen LogP contribution in [0.25, 0.3) is 0 Å². The monoisotopic (exact) mass is 239 g/mol. The third kappa shape index (κ3) is 6.03. The number of rotatable bonds is 8. The fourth-order valence-electron chi connectivity index (χ4n) is 1.24. The molecule has 2 N–H and O–H groups in total. The van der Waals surface area contributed by atoms with Gasteiger partial charge in [0.25, 0.3) is 0 Å². The van der Waals surface area contributed by atoms with Crippen LogP contribution >= 0.6 is 0 Å². The SMILES string of the molecule is COCCNc1cc(NCCN(C)C)ncn1. The van der Waals surface area contributed by atoms with Crippen molar-refractivity contribution in [1.29, 1.82) is 0 Å². The Bertz CT molecular complexity index is 318. The van der Waals surface area contributed by atoms with E-state index in [1.165, 1.54) is 0 Å². The molecule has 6 nitrogen and oxygen atoms in total. The average molecular weight is 239 g/mol. The third-order valence-electron chi connectivity index (χ3n) is 2.14. The van der Waals surface area contributed by atoms with Crippen molar-refractivity contribution in [3.63, 3.8) is 0 Å². The van der Waals surface area contributed by atoms with Crippen molar-refractivity contribution in [2.45, 2.75) is 0 Å². The second kappa shape index (κ2) is 7.81. The summed E-state index contributed by atoms with van der Waals surface area (Å²) in [4.78, 5) is 10.4. The molecule has 0 aliphatic carbocycles. The molecular weight excluding hydrogens is 218 g/mol. The number of anilines is 2. The molecule has 0 radical (unpaired) electrons. The van der Waals surface area contributed by atoms with Gasteiger partial charge in [0, 0.05) is 32.8 Å². The minimum atomic E-state index is 0.660. The number of aromatic nitrogens is 2. The summed E-state index contributed by atoms with van der Waals surface area (Å²) < 4.78 is 4.96. The topological polar surface area (TPSA) is 62.3 Å². The van der Waals surface area contributed by atoms with Gasteiger partial charge in [-0.25, -0.2) is 9.97 Å². The Balaban J connectivity index is 2.37. The van der Waals surface area contributed by atoms with Crippen LogP contribution in [0.1, 0.15) is 0 Å². The lowest BCUT2D eigenvalue weighted by atomic mass is 10.5. The van der Waals surface area contributed by atoms with Gasteiger partial charge in [0.2, 0.25) is 0 Å². The Kier molecular flexibility index (Phi) is 6.27. The van der Waals surface area contributed by atoms with Gasteiger partial charge in [0.15, 0.2) is 0 Å². The minimum Gasteiger partial charge on any atom is -0.383 e. The zero-order valence-corrected chi connectivity index (χ0v) is 10.7. The Morgan fingerprint density at radius 2 is 1.82 bits per heavy atom. The number of likely N-dealkylation sites (N-methyl/N-ethyl adjacent to an activating group) is 1. The molecule has 96 valence electrons. The molecule has 6 heteroatoms. The maximum Gasteiger partial charge on any atom is 0.131 e. The van der Waals surface area contributed by atoms with Crippen LogP contribution in [-0.2, 0) is 4.74 Å². The van der Waals surface area contributed by atoms with Crippen molar-refractivity contribution in [2.24, 2.45) is 0 Å². The molecule has 0 spiro atoms. The molecule has 0 saturated carbocycles. The van der Waals surface area contributed by atoms with Crippen molar-refractivity contribution in [2.75, 3.05) is 58.1 Å². The van der Waals surface area contributed by atoms with Gasteiger partial charge in [0.1, 0.15) is 18.0 Å². The number of hydrogen-bond donors (Lipinski definition) is 2. The zero-order valence-electron chi connectivity index (χ0n) is 10.7. The predicted octanol–water partition coefficient (Wildman–Crippen LogP) is 0.508. The highest BCUT2D eigenvalue weighted by Crippen LogP contribution is 2.07. The van der Waals surface area contributed by atoms with Crippen LogP contribution in [0.3, 0.4) is 0 Å². The largest absolute Gasteiger partial charge is 0.383 e. The fourth-order valence-corrected chi connectivity index (χ4v) is 1.24. The molecular formula is C11H21N5O. The van der Waals surface area contributed by atoms with Gasteiger partial charge in [-0.2, -0.15) is 0 Å². The average Bonchev–Trinajstić information content (AvgIpc) is 2.29. The molecule has 0 aromatic carbocycles. The number of hydrogen-bond acceptors (Lipinski definition) is 6. The first-order valence-corrected chi connectivity index (χ1v) is 5.66. The standard InChI is InChI=1S/C11H21N5O/c1-16(2)6-4-12-10-8-11(15-9-14-10)13-5-7-17-3/h8-9H,4-7H2,1-3H3,(H2,12,13,14,15). The number of methoxy groups -OCH3 is 1. The number of ether oxygens (including phenoxy) is 1. The summed E-state index contributed by atoms with van der Waals surface area (Å²) in [7, 11) is 5.76. The van der Waals surface area contributed by atoms with Crippen LogP contribution in [0, 0.1) is 0 Å². The summed E-state index contributed by atoms with van der Waals surface area (Å²) in [5.41, 5.74) is 0. The lowest BCUT2D eigenvalue weighted by Crippen LogP contribution is -2.21. The summed E-state index contributed by atoms with van der Waals surface area (Å²) >= 11 is 0. The van der Waals surface area contributed by atoms with Crippen LogP contribution in [-0.4, -0.2) is 62.3 Å². The van der Waals surface area contributed by atoms with Crippen molar-refractivity contribution in [3.8, 4) is 0 Å². The Hall–Kier alpha value is -1.40. The second-order valence-electron chi connectivity index (χ2n) is 3.94. The molecule has 1 aromatic heterocycles. The maximum absolute atomic E-state index is 4.96. The van der Waals surface area contributed by atoms with Gasteiger partial charge >= 0.3 is 0 Å². The predicted molar refractivity (Wildman–Crippen MR) is 69.4 cm³/mol. The molecule has 1 rings (SSSR count). The van der Waals surface area contributed by atoms with E-state index in [1.807, 2.05) is 20.2 Å². The highest BCUT2D eigenvalue weighted by atomic mass is 16.5. The van der Waals surface area contributed by atoms with Crippen molar-refractivity contribution in [1.82, 2.24) is 14.9 Å². The molecule has 0 bridgehead atoms. The van der Waals surface area contributed by atoms with Gasteiger partial charge in [-0.3, -0.25) is 0 Å². The highest BCUT2D eigenvalue weighted by molar-refractivity contribution is 5.46. The number of nitrogens with zero attached hydrogens (tertiary/aromatic N) is 3. The molecule has 0 fully saturated rings. The van der Waals surface area contributed by atoms with E-state index in [4.69, 9.17) is 4.74 Å². The fraction of sp³-hybridized carbons (Fsp3) is 0.636. The Morgan fingerprint density at radius 3 is 2.41 bits per heavy atom. The van der Waals surface area contributed by atoms with E-state index in [0.717, 1.165) is 31.3 Å². The van der Waals surface area contributed by atoms with Gasteiger partial charge in [-0.15, -0.1) is 0 Å². The van der Waals surface area contributed by atoms with E-state index in [-0.39, 0.29) is 0 Å². The summed E-state index contributed by atoms with van der Waals surface area (Å²) in [6.07, 6.45) is 1.55. The number of nitrogens with one attached hydrogen (secondary N) is 2.